The Balaban J connectivity index is 1.41. The molecule has 0 saturated heterocycles. The standard InChI is InChI=1S/C20H22N6S/c1-12-5-3-4-6-14(12)9-16(21)11-22-20-26-25-19(27-20)15-7-8-18-17(10-15)13(2)23-24-18/h3-8,10,16H,9,11,21H2,1-2H3,(H,22,26)(H,23,24). The maximum absolute atomic E-state index is 6.29. The van der Waals surface area contributed by atoms with Gasteiger partial charge in [-0.1, -0.05) is 35.6 Å². The Morgan fingerprint density at radius 2 is 2.00 bits per heavy atom. The molecule has 0 radical (unpaired) electrons. The van der Waals surface area contributed by atoms with E-state index in [2.05, 4.69) is 56.9 Å². The number of nitrogens with two attached hydrogens (primary N) is 1. The van der Waals surface area contributed by atoms with E-state index in [1.807, 2.05) is 25.1 Å². The highest BCUT2D eigenvalue weighted by Crippen LogP contribution is 2.29. The SMILES string of the molecule is Cc1ccccc1CC(N)CNc1nnc(-c2ccc3[nH]nc(C)c3c2)s1. The molecular weight excluding hydrogens is 356 g/mol. The van der Waals surface area contributed by atoms with Gasteiger partial charge in [-0.3, -0.25) is 5.10 Å². The van der Waals surface area contributed by atoms with E-state index in [1.54, 1.807) is 0 Å². The molecule has 4 aromatic rings. The van der Waals surface area contributed by atoms with Crippen LogP contribution in [0.1, 0.15) is 16.8 Å². The van der Waals surface area contributed by atoms with Crippen molar-refractivity contribution in [2.75, 3.05) is 11.9 Å². The topological polar surface area (TPSA) is 92.5 Å². The summed E-state index contributed by atoms with van der Waals surface area (Å²) in [6.45, 7) is 4.76. The van der Waals surface area contributed by atoms with Crippen molar-refractivity contribution in [3.63, 3.8) is 0 Å². The molecule has 2 heterocycles. The summed E-state index contributed by atoms with van der Waals surface area (Å²) in [6, 6.07) is 14.5. The molecule has 6 nitrogen and oxygen atoms in total. The number of aryl methyl sites for hydroxylation is 2. The number of anilines is 1. The van der Waals surface area contributed by atoms with Crippen LogP contribution in [-0.4, -0.2) is 33.0 Å². The zero-order valence-corrected chi connectivity index (χ0v) is 16.2. The molecule has 1 unspecified atom stereocenters. The molecule has 7 heteroatoms. The maximum atomic E-state index is 6.29. The third-order valence-corrected chi connectivity index (χ3v) is 5.61. The van der Waals surface area contributed by atoms with Crippen LogP contribution in [0, 0.1) is 13.8 Å². The van der Waals surface area contributed by atoms with Crippen molar-refractivity contribution < 1.29 is 0 Å². The van der Waals surface area contributed by atoms with E-state index < -0.39 is 0 Å². The molecule has 27 heavy (non-hydrogen) atoms. The zero-order chi connectivity index (χ0) is 18.8. The van der Waals surface area contributed by atoms with Crippen molar-refractivity contribution >= 4 is 27.4 Å². The fourth-order valence-corrected chi connectivity index (χ4v) is 3.85. The number of nitrogens with one attached hydrogen (secondary N) is 2. The number of nitrogens with zero attached hydrogens (tertiary/aromatic N) is 3. The molecule has 0 fully saturated rings. The van der Waals surface area contributed by atoms with Gasteiger partial charge in [0.2, 0.25) is 5.13 Å². The van der Waals surface area contributed by atoms with Crippen LogP contribution in [0.4, 0.5) is 5.13 Å². The van der Waals surface area contributed by atoms with Gasteiger partial charge in [0.15, 0.2) is 0 Å². The van der Waals surface area contributed by atoms with Gasteiger partial charge in [-0.15, -0.1) is 10.2 Å². The number of aromatic amines is 1. The Kier molecular flexibility index (Phi) is 4.87. The first-order chi connectivity index (χ1) is 13.1. The minimum Gasteiger partial charge on any atom is -0.359 e. The predicted molar refractivity (Wildman–Crippen MR) is 111 cm³/mol. The maximum Gasteiger partial charge on any atom is 0.206 e. The lowest BCUT2D eigenvalue weighted by Gasteiger charge is -2.13. The molecular formula is C20H22N6S. The third-order valence-electron chi connectivity index (χ3n) is 4.68. The van der Waals surface area contributed by atoms with Gasteiger partial charge in [0.05, 0.1) is 11.2 Å². The van der Waals surface area contributed by atoms with Gasteiger partial charge in [-0.2, -0.15) is 5.10 Å². The second-order valence-corrected chi connectivity index (χ2v) is 7.73. The van der Waals surface area contributed by atoms with Crippen molar-refractivity contribution in [2.45, 2.75) is 26.3 Å². The van der Waals surface area contributed by atoms with Crippen LogP contribution >= 0.6 is 11.3 Å². The number of rotatable bonds is 6. The molecule has 0 aliphatic heterocycles. The van der Waals surface area contributed by atoms with Crippen molar-refractivity contribution in [2.24, 2.45) is 5.73 Å². The van der Waals surface area contributed by atoms with Gasteiger partial charge in [-0.05, 0) is 49.6 Å². The van der Waals surface area contributed by atoms with Crippen LogP contribution in [0.5, 0.6) is 0 Å². The fourth-order valence-electron chi connectivity index (χ4n) is 3.10. The lowest BCUT2D eigenvalue weighted by atomic mass is 10.0. The van der Waals surface area contributed by atoms with Gasteiger partial charge >= 0.3 is 0 Å². The Morgan fingerprint density at radius 1 is 1.15 bits per heavy atom. The first-order valence-corrected chi connectivity index (χ1v) is 9.74. The van der Waals surface area contributed by atoms with E-state index in [4.69, 9.17) is 5.73 Å². The Morgan fingerprint density at radius 3 is 2.85 bits per heavy atom. The highest BCUT2D eigenvalue weighted by atomic mass is 32.1. The molecule has 0 aliphatic rings. The summed E-state index contributed by atoms with van der Waals surface area (Å²) < 4.78 is 0. The molecule has 2 aromatic heterocycles. The molecule has 0 saturated carbocycles. The van der Waals surface area contributed by atoms with Crippen molar-refractivity contribution in [3.8, 4) is 10.6 Å². The molecule has 0 bridgehead atoms. The van der Waals surface area contributed by atoms with Crippen molar-refractivity contribution in [3.05, 3.63) is 59.3 Å². The van der Waals surface area contributed by atoms with Gasteiger partial charge in [-0.25, -0.2) is 0 Å². The normalized spacial score (nSPS) is 12.4. The number of H-pyrrole nitrogens is 1. The number of hydrogen-bond donors (Lipinski definition) is 3. The van der Waals surface area contributed by atoms with E-state index in [0.717, 1.165) is 38.7 Å². The molecule has 138 valence electrons. The molecule has 4 rings (SSSR count). The summed E-state index contributed by atoms with van der Waals surface area (Å²) in [5, 5.41) is 21.9. The lowest BCUT2D eigenvalue weighted by molar-refractivity contribution is 0.696. The van der Waals surface area contributed by atoms with Crippen LogP contribution in [0.15, 0.2) is 42.5 Å². The van der Waals surface area contributed by atoms with Crippen molar-refractivity contribution in [1.29, 1.82) is 0 Å². The quantitative estimate of drug-likeness (QED) is 0.476. The minimum absolute atomic E-state index is 0.0170. The summed E-state index contributed by atoms with van der Waals surface area (Å²) in [4.78, 5) is 0. The second kappa shape index (κ2) is 7.46. The van der Waals surface area contributed by atoms with E-state index >= 15 is 0 Å². The first-order valence-electron chi connectivity index (χ1n) is 8.92. The number of aromatic nitrogens is 4. The average molecular weight is 379 g/mol. The van der Waals surface area contributed by atoms with Crippen molar-refractivity contribution in [1.82, 2.24) is 20.4 Å². The summed E-state index contributed by atoms with van der Waals surface area (Å²) in [6.07, 6.45) is 0.835. The number of hydrogen-bond acceptors (Lipinski definition) is 6. The predicted octanol–water partition coefficient (Wildman–Crippen LogP) is 3.68. The summed E-state index contributed by atoms with van der Waals surface area (Å²) >= 11 is 1.53. The van der Waals surface area contributed by atoms with E-state index in [9.17, 15) is 0 Å². The number of fused-ring (bicyclic) bond motifs is 1. The van der Waals surface area contributed by atoms with Crippen LogP contribution in [-0.2, 0) is 6.42 Å². The largest absolute Gasteiger partial charge is 0.359 e. The first kappa shape index (κ1) is 17.6. The number of benzene rings is 2. The highest BCUT2D eigenvalue weighted by Gasteiger charge is 2.11. The summed E-state index contributed by atoms with van der Waals surface area (Å²) in [7, 11) is 0. The molecule has 1 atom stereocenters. The molecule has 0 amide bonds. The molecule has 0 aliphatic carbocycles. The van der Waals surface area contributed by atoms with Crippen LogP contribution in [0.25, 0.3) is 21.5 Å². The van der Waals surface area contributed by atoms with Crippen LogP contribution < -0.4 is 11.1 Å². The van der Waals surface area contributed by atoms with Gasteiger partial charge in [0.1, 0.15) is 5.01 Å². The van der Waals surface area contributed by atoms with E-state index in [0.29, 0.717) is 6.54 Å². The van der Waals surface area contributed by atoms with E-state index in [-0.39, 0.29) is 6.04 Å². The zero-order valence-electron chi connectivity index (χ0n) is 15.4. The smallest absolute Gasteiger partial charge is 0.206 e. The van der Waals surface area contributed by atoms with Gasteiger partial charge in [0.25, 0.3) is 0 Å². The Labute approximate surface area is 161 Å². The monoisotopic (exact) mass is 378 g/mol. The van der Waals surface area contributed by atoms with E-state index in [1.165, 1.54) is 22.5 Å². The fraction of sp³-hybridized carbons (Fsp3) is 0.250. The van der Waals surface area contributed by atoms with Crippen LogP contribution in [0.2, 0.25) is 0 Å². The van der Waals surface area contributed by atoms with Gasteiger partial charge in [0, 0.05) is 23.5 Å². The Bertz CT molecular complexity index is 1070. The molecule has 0 spiro atoms. The average Bonchev–Trinajstić information content (AvgIpc) is 3.29. The van der Waals surface area contributed by atoms with Gasteiger partial charge < -0.3 is 11.1 Å². The highest BCUT2D eigenvalue weighted by molar-refractivity contribution is 7.18. The second-order valence-electron chi connectivity index (χ2n) is 6.75. The molecule has 2 aromatic carbocycles. The Hall–Kier alpha value is -2.77. The minimum atomic E-state index is 0.0170. The van der Waals surface area contributed by atoms with Crippen LogP contribution in [0.3, 0.4) is 0 Å². The summed E-state index contributed by atoms with van der Waals surface area (Å²) in [5.41, 5.74) is 11.9. The third kappa shape index (κ3) is 3.84. The lowest BCUT2D eigenvalue weighted by Crippen LogP contribution is -2.31. The summed E-state index contributed by atoms with van der Waals surface area (Å²) in [5.74, 6) is 0. The molecule has 4 N–H and O–H groups in total.